The van der Waals surface area contributed by atoms with Crippen molar-refractivity contribution in [3.05, 3.63) is 0 Å². The molecule has 1 heterocycles. The fraction of sp³-hybridized carbons (Fsp3) is 0.938. The van der Waals surface area contributed by atoms with E-state index < -0.39 is 0 Å². The van der Waals surface area contributed by atoms with E-state index in [1.807, 2.05) is 0 Å². The second-order valence-corrected chi connectivity index (χ2v) is 7.04. The molecule has 2 nitrogen and oxygen atoms in total. The van der Waals surface area contributed by atoms with Gasteiger partial charge in [0.05, 0.1) is 12.2 Å². The highest BCUT2D eigenvalue weighted by atomic mass is 16.5. The standard InChI is InChI=1S/C16H26O2/c1-9-10(2)18-11(3)16(9)15(17)8-14-7-12-4-5-13(14)6-12/h9-14,16H,4-8H2,1-3H3. The number of Topliss-reactive ketones (excluding diaryl/α,β-unsaturated/α-hetero) is 1. The van der Waals surface area contributed by atoms with Gasteiger partial charge in [0, 0.05) is 12.3 Å². The third kappa shape index (κ3) is 2.03. The highest BCUT2D eigenvalue weighted by Crippen LogP contribution is 2.50. The Morgan fingerprint density at radius 3 is 2.39 bits per heavy atom. The molecule has 1 saturated heterocycles. The quantitative estimate of drug-likeness (QED) is 0.767. The zero-order valence-electron chi connectivity index (χ0n) is 11.9. The molecule has 2 saturated carbocycles. The summed E-state index contributed by atoms with van der Waals surface area (Å²) in [7, 11) is 0. The number of ether oxygens (including phenoxy) is 1. The van der Waals surface area contributed by atoms with Crippen molar-refractivity contribution < 1.29 is 9.53 Å². The molecule has 2 bridgehead atoms. The van der Waals surface area contributed by atoms with E-state index in [2.05, 4.69) is 20.8 Å². The molecule has 3 fully saturated rings. The van der Waals surface area contributed by atoms with Crippen molar-refractivity contribution in [1.82, 2.24) is 0 Å². The van der Waals surface area contributed by atoms with Crippen molar-refractivity contribution in [2.75, 3.05) is 0 Å². The lowest BCUT2D eigenvalue weighted by Crippen LogP contribution is -2.29. The Hall–Kier alpha value is -0.370. The fourth-order valence-electron chi connectivity index (χ4n) is 4.84. The smallest absolute Gasteiger partial charge is 0.139 e. The Morgan fingerprint density at radius 1 is 1.11 bits per heavy atom. The molecule has 0 aromatic carbocycles. The summed E-state index contributed by atoms with van der Waals surface area (Å²) in [6.07, 6.45) is 6.73. The van der Waals surface area contributed by atoms with Crippen molar-refractivity contribution in [3.8, 4) is 0 Å². The molecule has 7 atom stereocenters. The van der Waals surface area contributed by atoms with Gasteiger partial charge in [0.15, 0.2) is 0 Å². The number of rotatable bonds is 3. The molecule has 3 rings (SSSR count). The Labute approximate surface area is 110 Å². The second-order valence-electron chi connectivity index (χ2n) is 7.04. The van der Waals surface area contributed by atoms with E-state index >= 15 is 0 Å². The van der Waals surface area contributed by atoms with Crippen LogP contribution in [0.5, 0.6) is 0 Å². The molecule has 0 N–H and O–H groups in total. The summed E-state index contributed by atoms with van der Waals surface area (Å²) in [5, 5.41) is 0. The number of carbonyl (C=O) groups is 1. The SMILES string of the molecule is CC1OC(C)C(C(=O)CC2CC3CCC2C3)C1C. The number of hydrogen-bond acceptors (Lipinski definition) is 2. The van der Waals surface area contributed by atoms with Gasteiger partial charge in [0.1, 0.15) is 5.78 Å². The monoisotopic (exact) mass is 250 g/mol. The maximum atomic E-state index is 12.6. The summed E-state index contributed by atoms with van der Waals surface area (Å²) in [5.41, 5.74) is 0. The van der Waals surface area contributed by atoms with Gasteiger partial charge in [0.25, 0.3) is 0 Å². The lowest BCUT2D eigenvalue weighted by molar-refractivity contribution is -0.126. The zero-order valence-corrected chi connectivity index (χ0v) is 11.9. The first-order valence-electron chi connectivity index (χ1n) is 7.74. The maximum Gasteiger partial charge on any atom is 0.139 e. The van der Waals surface area contributed by atoms with Crippen molar-refractivity contribution in [1.29, 1.82) is 0 Å². The molecular formula is C16H26O2. The summed E-state index contributed by atoms with van der Waals surface area (Å²) >= 11 is 0. The Bertz CT molecular complexity index is 338. The first kappa shape index (κ1) is 12.7. The largest absolute Gasteiger partial charge is 0.375 e. The number of ketones is 1. The minimum absolute atomic E-state index is 0.126. The van der Waals surface area contributed by atoms with Crippen LogP contribution in [-0.4, -0.2) is 18.0 Å². The van der Waals surface area contributed by atoms with Crippen molar-refractivity contribution >= 4 is 5.78 Å². The molecule has 2 aliphatic carbocycles. The van der Waals surface area contributed by atoms with E-state index in [0.29, 0.717) is 17.6 Å². The van der Waals surface area contributed by atoms with Gasteiger partial charge in [-0.25, -0.2) is 0 Å². The summed E-state index contributed by atoms with van der Waals surface area (Å²) in [5.74, 6) is 3.54. The molecule has 102 valence electrons. The minimum atomic E-state index is 0.126. The van der Waals surface area contributed by atoms with Crippen LogP contribution >= 0.6 is 0 Å². The van der Waals surface area contributed by atoms with Gasteiger partial charge in [-0.05, 0) is 56.8 Å². The van der Waals surface area contributed by atoms with Crippen LogP contribution < -0.4 is 0 Å². The van der Waals surface area contributed by atoms with Gasteiger partial charge >= 0.3 is 0 Å². The van der Waals surface area contributed by atoms with Gasteiger partial charge in [-0.3, -0.25) is 4.79 Å². The van der Waals surface area contributed by atoms with E-state index in [4.69, 9.17) is 4.74 Å². The molecule has 2 heteroatoms. The normalized spacial score (nSPS) is 50.9. The first-order chi connectivity index (χ1) is 8.56. The summed E-state index contributed by atoms with van der Waals surface area (Å²) in [6, 6.07) is 0. The van der Waals surface area contributed by atoms with Crippen LogP contribution in [0.1, 0.15) is 52.9 Å². The van der Waals surface area contributed by atoms with Crippen LogP contribution in [0, 0.1) is 29.6 Å². The lowest BCUT2D eigenvalue weighted by Gasteiger charge is -2.24. The lowest BCUT2D eigenvalue weighted by atomic mass is 9.78. The molecule has 18 heavy (non-hydrogen) atoms. The average Bonchev–Trinajstić information content (AvgIpc) is 2.95. The van der Waals surface area contributed by atoms with E-state index in [9.17, 15) is 4.79 Å². The van der Waals surface area contributed by atoms with E-state index in [-0.39, 0.29) is 18.1 Å². The highest BCUT2D eigenvalue weighted by molar-refractivity contribution is 5.82. The Morgan fingerprint density at radius 2 is 1.89 bits per heavy atom. The third-order valence-electron chi connectivity index (χ3n) is 5.96. The third-order valence-corrected chi connectivity index (χ3v) is 5.96. The summed E-state index contributed by atoms with van der Waals surface area (Å²) in [6.45, 7) is 6.35. The van der Waals surface area contributed by atoms with E-state index in [1.165, 1.54) is 25.7 Å². The maximum absolute atomic E-state index is 12.6. The predicted molar refractivity (Wildman–Crippen MR) is 71.2 cm³/mol. The van der Waals surface area contributed by atoms with E-state index in [1.54, 1.807) is 0 Å². The van der Waals surface area contributed by atoms with Crippen LogP contribution in [-0.2, 0) is 9.53 Å². The van der Waals surface area contributed by atoms with Gasteiger partial charge in [-0.15, -0.1) is 0 Å². The molecule has 0 aromatic rings. The topological polar surface area (TPSA) is 26.3 Å². The Kier molecular flexibility index (Phi) is 3.25. The molecule has 1 aliphatic heterocycles. The minimum Gasteiger partial charge on any atom is -0.375 e. The summed E-state index contributed by atoms with van der Waals surface area (Å²) < 4.78 is 5.81. The average molecular weight is 250 g/mol. The molecule has 0 amide bonds. The molecule has 7 unspecified atom stereocenters. The predicted octanol–water partition coefficient (Wildman–Crippen LogP) is 3.44. The molecule has 3 aliphatic rings. The van der Waals surface area contributed by atoms with Crippen LogP contribution in [0.3, 0.4) is 0 Å². The van der Waals surface area contributed by atoms with Crippen LogP contribution in [0.15, 0.2) is 0 Å². The van der Waals surface area contributed by atoms with Crippen molar-refractivity contribution in [2.24, 2.45) is 29.6 Å². The number of fused-ring (bicyclic) bond motifs is 2. The highest BCUT2D eigenvalue weighted by Gasteiger charge is 2.45. The Balaban J connectivity index is 1.61. The molecular weight excluding hydrogens is 224 g/mol. The molecule has 0 radical (unpaired) electrons. The first-order valence-corrected chi connectivity index (χ1v) is 7.74. The van der Waals surface area contributed by atoms with Gasteiger partial charge in [0.2, 0.25) is 0 Å². The summed E-state index contributed by atoms with van der Waals surface area (Å²) in [4.78, 5) is 12.6. The van der Waals surface area contributed by atoms with Crippen molar-refractivity contribution in [2.45, 2.75) is 65.1 Å². The van der Waals surface area contributed by atoms with E-state index in [0.717, 1.165) is 18.3 Å². The van der Waals surface area contributed by atoms with Crippen LogP contribution in [0.4, 0.5) is 0 Å². The van der Waals surface area contributed by atoms with Crippen LogP contribution in [0.25, 0.3) is 0 Å². The fourth-order valence-corrected chi connectivity index (χ4v) is 4.84. The molecule has 0 aromatic heterocycles. The van der Waals surface area contributed by atoms with Gasteiger partial charge in [-0.2, -0.15) is 0 Å². The van der Waals surface area contributed by atoms with Gasteiger partial charge < -0.3 is 4.74 Å². The zero-order chi connectivity index (χ0) is 12.9. The number of hydrogen-bond donors (Lipinski definition) is 0. The number of carbonyl (C=O) groups excluding carboxylic acids is 1. The van der Waals surface area contributed by atoms with Crippen molar-refractivity contribution in [3.63, 3.8) is 0 Å². The molecule has 0 spiro atoms. The van der Waals surface area contributed by atoms with Crippen LogP contribution in [0.2, 0.25) is 0 Å². The van der Waals surface area contributed by atoms with Gasteiger partial charge in [-0.1, -0.05) is 13.3 Å². The second kappa shape index (κ2) is 4.63.